The van der Waals surface area contributed by atoms with Gasteiger partial charge in [-0.05, 0) is 106 Å². The van der Waals surface area contributed by atoms with Crippen LogP contribution in [0.3, 0.4) is 0 Å². The molecule has 0 saturated carbocycles. The van der Waals surface area contributed by atoms with Gasteiger partial charge in [-0.15, -0.1) is 0 Å². The van der Waals surface area contributed by atoms with E-state index in [1.807, 2.05) is 42.6 Å². The largest absolute Gasteiger partial charge is 0.507 e. The third-order valence-electron chi connectivity index (χ3n) is 9.97. The molecular formula is C51H43N3O. The fourth-order valence-corrected chi connectivity index (χ4v) is 7.08. The number of phenols is 1. The summed E-state index contributed by atoms with van der Waals surface area (Å²) in [6.07, 6.45) is 2.60. The standard InChI is InChI=1S/C51H43N3O/c1-51(2,3)42-31-41(32-43(35-42)54(50-25-15-16-28-52-50)48-24-14-13-23-44(48)39-21-11-6-12-22-39)46-33-40(38-19-9-5-10-20-38)34-47(53-46)45-30-37(26-27-49(45)55)29-36-17-7-4-8-18-36/h4-28,30-35,55H,29H2,1-3H3. The molecule has 0 aliphatic carbocycles. The lowest BCUT2D eigenvalue weighted by molar-refractivity contribution is 0.477. The molecule has 0 unspecified atom stereocenters. The lowest BCUT2D eigenvalue weighted by atomic mass is 9.85. The highest BCUT2D eigenvalue weighted by atomic mass is 16.3. The minimum absolute atomic E-state index is 0.177. The van der Waals surface area contributed by atoms with Crippen LogP contribution in [0.4, 0.5) is 17.2 Å². The number of benzene rings is 6. The fraction of sp³-hybridized carbons (Fsp3) is 0.0980. The van der Waals surface area contributed by atoms with Crippen LogP contribution in [0.5, 0.6) is 5.75 Å². The summed E-state index contributed by atoms with van der Waals surface area (Å²) in [5.41, 5.74) is 12.8. The van der Waals surface area contributed by atoms with Gasteiger partial charge in [-0.2, -0.15) is 0 Å². The zero-order valence-corrected chi connectivity index (χ0v) is 31.4. The smallest absolute Gasteiger partial charge is 0.137 e. The molecule has 4 nitrogen and oxygen atoms in total. The van der Waals surface area contributed by atoms with Gasteiger partial charge in [0.15, 0.2) is 0 Å². The minimum Gasteiger partial charge on any atom is -0.507 e. The molecule has 0 fully saturated rings. The van der Waals surface area contributed by atoms with Crippen LogP contribution in [0.15, 0.2) is 188 Å². The third kappa shape index (κ3) is 7.81. The summed E-state index contributed by atoms with van der Waals surface area (Å²) in [4.78, 5) is 12.5. The van der Waals surface area contributed by atoms with Gasteiger partial charge in [0.1, 0.15) is 11.6 Å². The van der Waals surface area contributed by atoms with Gasteiger partial charge in [0.05, 0.1) is 17.1 Å². The van der Waals surface area contributed by atoms with E-state index in [0.717, 1.165) is 62.7 Å². The van der Waals surface area contributed by atoms with E-state index >= 15 is 0 Å². The van der Waals surface area contributed by atoms with E-state index in [1.165, 1.54) is 11.1 Å². The van der Waals surface area contributed by atoms with E-state index in [4.69, 9.17) is 9.97 Å². The highest BCUT2D eigenvalue weighted by molar-refractivity contribution is 5.89. The molecular weight excluding hydrogens is 671 g/mol. The number of nitrogens with zero attached hydrogens (tertiary/aromatic N) is 3. The van der Waals surface area contributed by atoms with Crippen LogP contribution in [0.25, 0.3) is 44.8 Å². The average molecular weight is 714 g/mol. The van der Waals surface area contributed by atoms with Crippen molar-refractivity contribution in [3.05, 3.63) is 205 Å². The number of hydrogen-bond acceptors (Lipinski definition) is 4. The topological polar surface area (TPSA) is 49.3 Å². The summed E-state index contributed by atoms with van der Waals surface area (Å²) in [6.45, 7) is 6.73. The van der Waals surface area contributed by atoms with Crippen LogP contribution < -0.4 is 4.90 Å². The zero-order chi connectivity index (χ0) is 37.8. The Bertz CT molecular complexity index is 2550. The van der Waals surface area contributed by atoms with Crippen molar-refractivity contribution in [3.63, 3.8) is 0 Å². The van der Waals surface area contributed by atoms with Gasteiger partial charge in [-0.3, -0.25) is 4.90 Å². The number of pyridine rings is 2. The van der Waals surface area contributed by atoms with Crippen LogP contribution in [-0.2, 0) is 11.8 Å². The first kappa shape index (κ1) is 35.3. The number of aromatic nitrogens is 2. The number of hydrogen-bond donors (Lipinski definition) is 1. The summed E-state index contributed by atoms with van der Waals surface area (Å²) in [6, 6.07) is 62.7. The molecule has 0 bridgehead atoms. The predicted octanol–water partition coefficient (Wildman–Crippen LogP) is 13.2. The van der Waals surface area contributed by atoms with Crippen molar-refractivity contribution in [2.45, 2.75) is 32.6 Å². The molecule has 0 aliphatic rings. The van der Waals surface area contributed by atoms with Crippen molar-refractivity contribution in [3.8, 4) is 50.5 Å². The van der Waals surface area contributed by atoms with E-state index in [-0.39, 0.29) is 11.2 Å². The van der Waals surface area contributed by atoms with E-state index in [1.54, 1.807) is 6.07 Å². The van der Waals surface area contributed by atoms with Crippen molar-refractivity contribution in [1.82, 2.24) is 9.97 Å². The van der Waals surface area contributed by atoms with Crippen molar-refractivity contribution < 1.29 is 5.11 Å². The molecule has 0 amide bonds. The Balaban J connectivity index is 1.34. The van der Waals surface area contributed by atoms with E-state index in [0.29, 0.717) is 11.3 Å². The molecule has 0 saturated heterocycles. The van der Waals surface area contributed by atoms with Crippen molar-refractivity contribution in [2.75, 3.05) is 4.90 Å². The molecule has 8 aromatic rings. The molecule has 2 aromatic heterocycles. The number of aromatic hydroxyl groups is 1. The highest BCUT2D eigenvalue weighted by Crippen LogP contribution is 2.43. The van der Waals surface area contributed by atoms with Crippen LogP contribution >= 0.6 is 0 Å². The van der Waals surface area contributed by atoms with E-state index in [2.05, 4.69) is 165 Å². The maximum absolute atomic E-state index is 11.4. The molecule has 268 valence electrons. The number of para-hydroxylation sites is 1. The van der Waals surface area contributed by atoms with Gasteiger partial charge in [0.25, 0.3) is 0 Å². The Kier molecular flexibility index (Phi) is 9.80. The summed E-state index contributed by atoms with van der Waals surface area (Å²) in [7, 11) is 0. The SMILES string of the molecule is CC(C)(C)c1cc(-c2cc(-c3ccccc3)cc(-c3cc(Cc4ccccc4)ccc3O)n2)cc(N(c2ccccn2)c2ccccc2-c2ccccc2)c1. The molecule has 0 aliphatic heterocycles. The molecule has 0 radical (unpaired) electrons. The Labute approximate surface area is 324 Å². The predicted molar refractivity (Wildman–Crippen MR) is 228 cm³/mol. The molecule has 0 spiro atoms. The Hall–Kier alpha value is -6.78. The second-order valence-electron chi connectivity index (χ2n) is 14.9. The van der Waals surface area contributed by atoms with Gasteiger partial charge in [0, 0.05) is 28.6 Å². The van der Waals surface area contributed by atoms with Gasteiger partial charge >= 0.3 is 0 Å². The first-order chi connectivity index (χ1) is 26.8. The maximum Gasteiger partial charge on any atom is 0.137 e. The minimum atomic E-state index is -0.177. The molecule has 4 heteroatoms. The van der Waals surface area contributed by atoms with Crippen molar-refractivity contribution in [2.24, 2.45) is 0 Å². The second kappa shape index (κ2) is 15.3. The summed E-state index contributed by atoms with van der Waals surface area (Å²) in [5, 5.41) is 11.4. The second-order valence-corrected chi connectivity index (χ2v) is 14.9. The summed E-state index contributed by atoms with van der Waals surface area (Å²) < 4.78 is 0. The normalized spacial score (nSPS) is 11.3. The zero-order valence-electron chi connectivity index (χ0n) is 31.4. The molecule has 55 heavy (non-hydrogen) atoms. The van der Waals surface area contributed by atoms with Crippen molar-refractivity contribution >= 4 is 17.2 Å². The number of rotatable bonds is 9. The van der Waals surface area contributed by atoms with Gasteiger partial charge < -0.3 is 5.11 Å². The lowest BCUT2D eigenvalue weighted by Crippen LogP contribution is -2.16. The average Bonchev–Trinajstić information content (AvgIpc) is 3.23. The third-order valence-corrected chi connectivity index (χ3v) is 9.97. The lowest BCUT2D eigenvalue weighted by Gasteiger charge is -2.29. The molecule has 6 aromatic carbocycles. The molecule has 0 atom stereocenters. The highest BCUT2D eigenvalue weighted by Gasteiger charge is 2.23. The maximum atomic E-state index is 11.4. The molecule has 1 N–H and O–H groups in total. The molecule has 8 rings (SSSR count). The van der Waals surface area contributed by atoms with E-state index in [9.17, 15) is 5.11 Å². The fourth-order valence-electron chi connectivity index (χ4n) is 7.08. The van der Waals surface area contributed by atoms with Gasteiger partial charge in [-0.25, -0.2) is 9.97 Å². The molecule has 2 heterocycles. The first-order valence-electron chi connectivity index (χ1n) is 18.8. The number of phenolic OH excluding ortho intramolecular Hbond substituents is 1. The van der Waals surface area contributed by atoms with Crippen LogP contribution in [-0.4, -0.2) is 15.1 Å². The summed E-state index contributed by atoms with van der Waals surface area (Å²) in [5.74, 6) is 1.01. The summed E-state index contributed by atoms with van der Waals surface area (Å²) >= 11 is 0. The quantitative estimate of drug-likeness (QED) is 0.162. The van der Waals surface area contributed by atoms with Gasteiger partial charge in [0.2, 0.25) is 0 Å². The van der Waals surface area contributed by atoms with Crippen LogP contribution in [0.1, 0.15) is 37.5 Å². The van der Waals surface area contributed by atoms with E-state index < -0.39 is 0 Å². The Morgan fingerprint density at radius 1 is 0.509 bits per heavy atom. The Morgan fingerprint density at radius 3 is 1.87 bits per heavy atom. The first-order valence-corrected chi connectivity index (χ1v) is 18.8. The van der Waals surface area contributed by atoms with Crippen LogP contribution in [0, 0.1) is 0 Å². The van der Waals surface area contributed by atoms with Crippen molar-refractivity contribution in [1.29, 1.82) is 0 Å². The van der Waals surface area contributed by atoms with Crippen LogP contribution in [0.2, 0.25) is 0 Å². The Morgan fingerprint density at radius 2 is 1.16 bits per heavy atom. The monoisotopic (exact) mass is 713 g/mol. The van der Waals surface area contributed by atoms with Gasteiger partial charge in [-0.1, -0.05) is 142 Å². The number of anilines is 3.